The van der Waals surface area contributed by atoms with E-state index in [1.165, 1.54) is 5.56 Å². The van der Waals surface area contributed by atoms with Gasteiger partial charge in [-0.3, -0.25) is 4.68 Å². The number of carbonyl (C=O) groups is 1. The second-order valence-electron chi connectivity index (χ2n) is 9.35. The Bertz CT molecular complexity index is 911. The van der Waals surface area contributed by atoms with Crippen LogP contribution in [0.3, 0.4) is 0 Å². The molecule has 29 heavy (non-hydrogen) atoms. The van der Waals surface area contributed by atoms with E-state index in [4.69, 9.17) is 4.74 Å². The molecule has 8 heteroatoms. The number of nitrogens with zero attached hydrogens (tertiary/aromatic N) is 5. The summed E-state index contributed by atoms with van der Waals surface area (Å²) in [5.74, 6) is -0.236. The molecule has 4 heterocycles. The van der Waals surface area contributed by atoms with Gasteiger partial charge in [0.1, 0.15) is 5.82 Å². The summed E-state index contributed by atoms with van der Waals surface area (Å²) in [6.45, 7) is 9.22. The normalized spacial score (nSPS) is 21.7. The Morgan fingerprint density at radius 2 is 2.00 bits per heavy atom. The zero-order valence-corrected chi connectivity index (χ0v) is 17.6. The fourth-order valence-corrected chi connectivity index (χ4v) is 4.58. The molecule has 2 saturated heterocycles. The third-order valence-corrected chi connectivity index (χ3v) is 6.26. The highest BCUT2D eigenvalue weighted by molar-refractivity contribution is 5.83. The molecule has 0 bridgehead atoms. The van der Waals surface area contributed by atoms with Crippen LogP contribution in [0, 0.1) is 5.41 Å². The number of carboxylic acids is 1. The predicted octanol–water partition coefficient (Wildman–Crippen LogP) is 2.61. The first kappa shape index (κ1) is 19.8. The van der Waals surface area contributed by atoms with Crippen LogP contribution in [0.25, 0.3) is 0 Å². The molecule has 0 radical (unpaired) electrons. The van der Waals surface area contributed by atoms with Crippen molar-refractivity contribution >= 4 is 11.8 Å². The van der Waals surface area contributed by atoms with Crippen LogP contribution in [0.15, 0.2) is 18.5 Å². The Hall–Kier alpha value is -2.48. The minimum absolute atomic E-state index is 0.0809. The molecule has 1 N–H and O–H groups in total. The lowest BCUT2D eigenvalue weighted by atomic mass is 9.70. The van der Waals surface area contributed by atoms with Gasteiger partial charge in [-0.1, -0.05) is 20.8 Å². The van der Waals surface area contributed by atoms with E-state index in [1.54, 1.807) is 0 Å². The molecular formula is C21H29N5O3. The maximum atomic E-state index is 11.7. The van der Waals surface area contributed by atoms with Crippen molar-refractivity contribution in [1.82, 2.24) is 19.7 Å². The van der Waals surface area contributed by atoms with Crippen molar-refractivity contribution < 1.29 is 14.6 Å². The second kappa shape index (κ2) is 7.09. The van der Waals surface area contributed by atoms with Crippen LogP contribution in [-0.2, 0) is 17.2 Å². The third kappa shape index (κ3) is 3.73. The number of aromatic nitrogens is 4. The zero-order valence-electron chi connectivity index (χ0n) is 17.6. The monoisotopic (exact) mass is 399 g/mol. The Morgan fingerprint density at radius 3 is 2.59 bits per heavy atom. The number of ether oxygens (including phenoxy) is 1. The van der Waals surface area contributed by atoms with E-state index in [9.17, 15) is 9.90 Å². The van der Waals surface area contributed by atoms with E-state index < -0.39 is 5.97 Å². The molecule has 8 nitrogen and oxygen atoms in total. The first-order valence-corrected chi connectivity index (χ1v) is 10.1. The summed E-state index contributed by atoms with van der Waals surface area (Å²) < 4.78 is 7.50. The fraction of sp³-hybridized carbons (Fsp3) is 0.619. The molecule has 0 aliphatic carbocycles. The highest BCUT2D eigenvalue weighted by atomic mass is 16.5. The molecule has 4 rings (SSSR count). The topological polar surface area (TPSA) is 93.4 Å². The maximum absolute atomic E-state index is 11.7. The number of hydrogen-bond acceptors (Lipinski definition) is 6. The number of aromatic carboxylic acids is 1. The van der Waals surface area contributed by atoms with Gasteiger partial charge >= 0.3 is 5.97 Å². The minimum Gasteiger partial charge on any atom is -0.475 e. The molecule has 156 valence electrons. The molecule has 1 spiro atoms. The number of hydrogen-bond donors (Lipinski definition) is 1. The molecule has 1 unspecified atom stereocenters. The van der Waals surface area contributed by atoms with Crippen LogP contribution in [0.5, 0.6) is 0 Å². The molecule has 2 aromatic heterocycles. The van der Waals surface area contributed by atoms with Crippen LogP contribution >= 0.6 is 0 Å². The lowest BCUT2D eigenvalue weighted by Gasteiger charge is -2.37. The van der Waals surface area contributed by atoms with Gasteiger partial charge in [-0.25, -0.2) is 14.8 Å². The minimum atomic E-state index is -1.10. The Morgan fingerprint density at radius 1 is 1.28 bits per heavy atom. The van der Waals surface area contributed by atoms with E-state index in [2.05, 4.69) is 26.2 Å². The largest absolute Gasteiger partial charge is 0.475 e. The van der Waals surface area contributed by atoms with Gasteiger partial charge in [0, 0.05) is 62.4 Å². The lowest BCUT2D eigenvalue weighted by Crippen LogP contribution is -2.36. The van der Waals surface area contributed by atoms with Crippen LogP contribution in [-0.4, -0.2) is 57.1 Å². The van der Waals surface area contributed by atoms with Crippen molar-refractivity contribution in [3.63, 3.8) is 0 Å². The van der Waals surface area contributed by atoms with E-state index in [1.807, 2.05) is 44.8 Å². The summed E-state index contributed by atoms with van der Waals surface area (Å²) in [6, 6.07) is 1.95. The Labute approximate surface area is 170 Å². The van der Waals surface area contributed by atoms with E-state index in [-0.39, 0.29) is 16.7 Å². The SMILES string of the molecule is Cn1cc(C2CN(c3cc(C(C)(C)C)nc(C(=O)O)n3)CC23CCOCC3)cn1. The number of rotatable bonds is 3. The number of carboxylic acid groups (broad SMARTS) is 1. The molecule has 2 aliphatic rings. The first-order chi connectivity index (χ1) is 13.7. The average molecular weight is 399 g/mol. The summed E-state index contributed by atoms with van der Waals surface area (Å²) in [4.78, 5) is 22.6. The third-order valence-electron chi connectivity index (χ3n) is 6.26. The molecule has 2 aliphatic heterocycles. The van der Waals surface area contributed by atoms with E-state index in [0.29, 0.717) is 11.7 Å². The maximum Gasteiger partial charge on any atom is 0.374 e. The number of anilines is 1. The predicted molar refractivity (Wildman–Crippen MR) is 108 cm³/mol. The van der Waals surface area contributed by atoms with E-state index in [0.717, 1.165) is 44.8 Å². The molecule has 2 aromatic rings. The van der Waals surface area contributed by atoms with Gasteiger partial charge in [-0.05, 0) is 18.4 Å². The van der Waals surface area contributed by atoms with Crippen molar-refractivity contribution in [1.29, 1.82) is 0 Å². The summed E-state index contributed by atoms with van der Waals surface area (Å²) in [5.41, 5.74) is 1.78. The van der Waals surface area contributed by atoms with Crippen LogP contribution in [0.4, 0.5) is 5.82 Å². The van der Waals surface area contributed by atoms with Gasteiger partial charge in [-0.15, -0.1) is 0 Å². The van der Waals surface area contributed by atoms with Crippen LogP contribution < -0.4 is 4.90 Å². The van der Waals surface area contributed by atoms with Crippen molar-refractivity contribution in [2.75, 3.05) is 31.2 Å². The van der Waals surface area contributed by atoms with Crippen LogP contribution in [0.1, 0.15) is 61.4 Å². The van der Waals surface area contributed by atoms with Gasteiger partial charge in [0.25, 0.3) is 0 Å². The van der Waals surface area contributed by atoms with Crippen molar-refractivity contribution in [2.24, 2.45) is 12.5 Å². The summed E-state index contributed by atoms with van der Waals surface area (Å²) in [6.07, 6.45) is 6.00. The van der Waals surface area contributed by atoms with Crippen molar-refractivity contribution in [2.45, 2.75) is 44.9 Å². The smallest absolute Gasteiger partial charge is 0.374 e. The highest BCUT2D eigenvalue weighted by Crippen LogP contribution is 2.50. The second-order valence-corrected chi connectivity index (χ2v) is 9.35. The standard InChI is InChI=1S/C21H29N5O3/c1-20(2,3)16-9-17(24-18(23-16)19(27)28)26-12-15(14-10-22-25(4)11-14)21(13-26)5-7-29-8-6-21/h9-11,15H,5-8,12-13H2,1-4H3,(H,27,28). The molecule has 0 saturated carbocycles. The molecule has 2 fully saturated rings. The summed E-state index contributed by atoms with van der Waals surface area (Å²) in [5, 5.41) is 13.9. The molecular weight excluding hydrogens is 370 g/mol. The molecule has 0 amide bonds. The number of aryl methyl sites for hydroxylation is 1. The zero-order chi connectivity index (χ0) is 20.8. The highest BCUT2D eigenvalue weighted by Gasteiger charge is 2.49. The van der Waals surface area contributed by atoms with Gasteiger partial charge in [0.05, 0.1) is 11.9 Å². The van der Waals surface area contributed by atoms with Gasteiger partial charge < -0.3 is 14.7 Å². The molecule has 0 aromatic carbocycles. The Kier molecular flexibility index (Phi) is 4.85. The molecule has 1 atom stereocenters. The summed E-state index contributed by atoms with van der Waals surface area (Å²) >= 11 is 0. The Balaban J connectivity index is 1.74. The lowest BCUT2D eigenvalue weighted by molar-refractivity contribution is 0.0171. The quantitative estimate of drug-likeness (QED) is 0.848. The van der Waals surface area contributed by atoms with Gasteiger partial charge in [0.15, 0.2) is 0 Å². The summed E-state index contributed by atoms with van der Waals surface area (Å²) in [7, 11) is 1.94. The average Bonchev–Trinajstić information content (AvgIpc) is 3.25. The van der Waals surface area contributed by atoms with Gasteiger partial charge in [-0.2, -0.15) is 5.10 Å². The van der Waals surface area contributed by atoms with Crippen LogP contribution in [0.2, 0.25) is 0 Å². The van der Waals surface area contributed by atoms with Crippen molar-refractivity contribution in [3.05, 3.63) is 35.5 Å². The van der Waals surface area contributed by atoms with Gasteiger partial charge in [0.2, 0.25) is 5.82 Å². The van der Waals surface area contributed by atoms with E-state index >= 15 is 0 Å². The fourth-order valence-electron chi connectivity index (χ4n) is 4.58. The first-order valence-electron chi connectivity index (χ1n) is 10.1. The van der Waals surface area contributed by atoms with Crippen molar-refractivity contribution in [3.8, 4) is 0 Å².